The van der Waals surface area contributed by atoms with Crippen LogP contribution in [0.4, 0.5) is 0 Å². The largest absolute Gasteiger partial charge is 0.455 e. The predicted octanol–water partition coefficient (Wildman–Crippen LogP) is 3.69. The maximum atomic E-state index is 12.5. The molecule has 0 unspecified atom stereocenters. The topological polar surface area (TPSA) is 85.3 Å². The number of rotatable bonds is 4. The summed E-state index contributed by atoms with van der Waals surface area (Å²) < 4.78 is 10.9. The minimum absolute atomic E-state index is 0.0503. The van der Waals surface area contributed by atoms with E-state index in [1.165, 1.54) is 0 Å². The van der Waals surface area contributed by atoms with E-state index in [0.717, 1.165) is 12.0 Å². The molecule has 0 saturated carbocycles. The van der Waals surface area contributed by atoms with Gasteiger partial charge in [0.2, 0.25) is 0 Å². The first-order valence-corrected chi connectivity index (χ1v) is 8.58. The van der Waals surface area contributed by atoms with Gasteiger partial charge in [0.05, 0.1) is 12.1 Å². The Morgan fingerprint density at radius 1 is 1.23 bits per heavy atom. The number of hydrogen-bond acceptors (Lipinski definition) is 5. The van der Waals surface area contributed by atoms with Crippen molar-refractivity contribution in [3.8, 4) is 11.3 Å². The number of aromatic nitrogens is 1. The third-order valence-corrected chi connectivity index (χ3v) is 4.56. The number of furan rings is 1. The Bertz CT molecular complexity index is 969. The average molecular weight is 350 g/mol. The highest BCUT2D eigenvalue weighted by Gasteiger charge is 2.28. The maximum Gasteiger partial charge on any atom is 0.287 e. The third-order valence-electron chi connectivity index (χ3n) is 4.56. The minimum Gasteiger partial charge on any atom is -0.455 e. The van der Waals surface area contributed by atoms with Gasteiger partial charge in [0.1, 0.15) is 11.5 Å². The lowest BCUT2D eigenvalue weighted by Gasteiger charge is -2.07. The van der Waals surface area contributed by atoms with E-state index in [0.29, 0.717) is 41.2 Å². The van der Waals surface area contributed by atoms with Crippen molar-refractivity contribution in [2.45, 2.75) is 32.7 Å². The van der Waals surface area contributed by atoms with E-state index in [-0.39, 0.29) is 24.0 Å². The second kappa shape index (κ2) is 6.63. The first-order valence-electron chi connectivity index (χ1n) is 8.58. The van der Waals surface area contributed by atoms with Crippen LogP contribution in [0.1, 0.15) is 50.8 Å². The molecule has 0 fully saturated rings. The van der Waals surface area contributed by atoms with Crippen LogP contribution in [0.2, 0.25) is 0 Å². The van der Waals surface area contributed by atoms with Crippen LogP contribution in [0.5, 0.6) is 0 Å². The molecule has 1 N–H and O–H groups in total. The molecule has 0 aliphatic heterocycles. The highest BCUT2D eigenvalue weighted by Crippen LogP contribution is 2.29. The van der Waals surface area contributed by atoms with Gasteiger partial charge in [-0.05, 0) is 13.3 Å². The third kappa shape index (κ3) is 2.94. The van der Waals surface area contributed by atoms with Gasteiger partial charge in [0, 0.05) is 30.0 Å². The Balaban J connectivity index is 1.47. The molecule has 0 radical (unpaired) electrons. The van der Waals surface area contributed by atoms with Crippen LogP contribution in [-0.4, -0.2) is 16.8 Å². The van der Waals surface area contributed by atoms with Crippen molar-refractivity contribution in [3.05, 3.63) is 64.8 Å². The number of amides is 1. The zero-order valence-electron chi connectivity index (χ0n) is 14.4. The fourth-order valence-electron chi connectivity index (χ4n) is 3.25. The van der Waals surface area contributed by atoms with Crippen molar-refractivity contribution in [1.29, 1.82) is 0 Å². The number of aryl methyl sites for hydroxylation is 1. The van der Waals surface area contributed by atoms with Crippen molar-refractivity contribution < 1.29 is 18.5 Å². The molecule has 132 valence electrons. The van der Waals surface area contributed by atoms with E-state index < -0.39 is 0 Å². The van der Waals surface area contributed by atoms with E-state index in [4.69, 9.17) is 8.94 Å². The van der Waals surface area contributed by atoms with Crippen molar-refractivity contribution >= 4 is 11.7 Å². The normalized spacial score (nSPS) is 13.5. The highest BCUT2D eigenvalue weighted by molar-refractivity contribution is 6.03. The van der Waals surface area contributed by atoms with Gasteiger partial charge in [-0.15, -0.1) is 0 Å². The van der Waals surface area contributed by atoms with Gasteiger partial charge in [-0.1, -0.05) is 35.5 Å². The molecule has 6 nitrogen and oxygen atoms in total. The predicted molar refractivity (Wildman–Crippen MR) is 93.8 cm³/mol. The number of ketones is 1. The number of hydrogen-bond donors (Lipinski definition) is 1. The van der Waals surface area contributed by atoms with E-state index in [1.54, 1.807) is 13.0 Å². The highest BCUT2D eigenvalue weighted by atomic mass is 16.5. The SMILES string of the molecule is Cc1c(C(=O)NCc2cc(-c3ccccc3)no2)oc2c1C(=O)CCC2. The van der Waals surface area contributed by atoms with Gasteiger partial charge < -0.3 is 14.3 Å². The molecule has 2 aromatic heterocycles. The quantitative estimate of drug-likeness (QED) is 0.775. The van der Waals surface area contributed by atoms with Crippen LogP contribution in [0.25, 0.3) is 11.3 Å². The fourth-order valence-corrected chi connectivity index (χ4v) is 3.25. The second-order valence-corrected chi connectivity index (χ2v) is 6.36. The number of carbonyl (C=O) groups is 2. The molecule has 0 bridgehead atoms. The first kappa shape index (κ1) is 16.3. The molecule has 26 heavy (non-hydrogen) atoms. The minimum atomic E-state index is -0.359. The lowest BCUT2D eigenvalue weighted by molar-refractivity contribution is 0.0913. The summed E-state index contributed by atoms with van der Waals surface area (Å²) in [6, 6.07) is 11.4. The van der Waals surface area contributed by atoms with Gasteiger partial charge in [-0.3, -0.25) is 9.59 Å². The fraction of sp³-hybridized carbons (Fsp3) is 0.250. The molecule has 2 heterocycles. The van der Waals surface area contributed by atoms with Crippen LogP contribution >= 0.6 is 0 Å². The van der Waals surface area contributed by atoms with Gasteiger partial charge in [0.15, 0.2) is 17.3 Å². The number of nitrogens with one attached hydrogen (secondary N) is 1. The summed E-state index contributed by atoms with van der Waals surface area (Å²) in [5.41, 5.74) is 2.85. The van der Waals surface area contributed by atoms with Crippen molar-refractivity contribution in [2.75, 3.05) is 0 Å². The molecule has 0 atom stereocenters. The Morgan fingerprint density at radius 3 is 2.81 bits per heavy atom. The van der Waals surface area contributed by atoms with Gasteiger partial charge in [0.25, 0.3) is 5.91 Å². The summed E-state index contributed by atoms with van der Waals surface area (Å²) in [5.74, 6) is 1.06. The van der Waals surface area contributed by atoms with Crippen molar-refractivity contribution in [2.24, 2.45) is 0 Å². The summed E-state index contributed by atoms with van der Waals surface area (Å²) >= 11 is 0. The number of Topliss-reactive ketones (excluding diaryl/α,β-unsaturated/α-hetero) is 1. The Hall–Kier alpha value is -3.15. The number of benzene rings is 1. The molecular formula is C20H18N2O4. The lowest BCUT2D eigenvalue weighted by Crippen LogP contribution is -2.22. The maximum absolute atomic E-state index is 12.5. The molecule has 0 spiro atoms. The lowest BCUT2D eigenvalue weighted by atomic mass is 9.94. The molecule has 1 aromatic carbocycles. The zero-order chi connectivity index (χ0) is 18.1. The van der Waals surface area contributed by atoms with Gasteiger partial charge in [-0.2, -0.15) is 0 Å². The smallest absolute Gasteiger partial charge is 0.287 e. The monoisotopic (exact) mass is 350 g/mol. The molecular weight excluding hydrogens is 332 g/mol. The van der Waals surface area contributed by atoms with E-state index in [9.17, 15) is 9.59 Å². The number of nitrogens with zero attached hydrogens (tertiary/aromatic N) is 1. The molecule has 6 heteroatoms. The van der Waals surface area contributed by atoms with Crippen LogP contribution in [-0.2, 0) is 13.0 Å². The Labute approximate surface area is 150 Å². The Kier molecular flexibility index (Phi) is 4.16. The zero-order valence-corrected chi connectivity index (χ0v) is 14.4. The number of carbonyl (C=O) groups excluding carboxylic acids is 2. The summed E-state index contributed by atoms with van der Waals surface area (Å²) in [6.07, 6.45) is 1.96. The number of fused-ring (bicyclic) bond motifs is 1. The molecule has 3 aromatic rings. The molecule has 4 rings (SSSR count). The van der Waals surface area contributed by atoms with Crippen LogP contribution < -0.4 is 5.32 Å². The summed E-state index contributed by atoms with van der Waals surface area (Å²) in [4.78, 5) is 24.5. The van der Waals surface area contributed by atoms with E-state index in [2.05, 4.69) is 10.5 Å². The first-order chi connectivity index (χ1) is 12.6. The summed E-state index contributed by atoms with van der Waals surface area (Å²) in [7, 11) is 0. The van der Waals surface area contributed by atoms with Crippen LogP contribution in [0.3, 0.4) is 0 Å². The summed E-state index contributed by atoms with van der Waals surface area (Å²) in [5, 5.41) is 6.79. The van der Waals surface area contributed by atoms with Crippen LogP contribution in [0.15, 0.2) is 45.3 Å². The van der Waals surface area contributed by atoms with Gasteiger partial charge in [-0.25, -0.2) is 0 Å². The van der Waals surface area contributed by atoms with Crippen molar-refractivity contribution in [3.63, 3.8) is 0 Å². The molecule has 1 aliphatic rings. The molecule has 1 aliphatic carbocycles. The van der Waals surface area contributed by atoms with Crippen molar-refractivity contribution in [1.82, 2.24) is 10.5 Å². The molecule has 1 amide bonds. The molecule has 0 saturated heterocycles. The Morgan fingerprint density at radius 2 is 2.04 bits per heavy atom. The van der Waals surface area contributed by atoms with E-state index in [1.807, 2.05) is 30.3 Å². The average Bonchev–Trinajstić information content (AvgIpc) is 3.26. The summed E-state index contributed by atoms with van der Waals surface area (Å²) in [6.45, 7) is 1.94. The van der Waals surface area contributed by atoms with Crippen LogP contribution in [0, 0.1) is 6.92 Å². The second-order valence-electron chi connectivity index (χ2n) is 6.36. The standard InChI is InChI=1S/C20H18N2O4/c1-12-18-16(23)8-5-9-17(18)25-19(12)20(24)21-11-14-10-15(22-26-14)13-6-3-2-4-7-13/h2-4,6-7,10H,5,8-9,11H2,1H3,(H,21,24). The van der Waals surface area contributed by atoms with Gasteiger partial charge >= 0.3 is 0 Å². The van der Waals surface area contributed by atoms with E-state index >= 15 is 0 Å².